The summed E-state index contributed by atoms with van der Waals surface area (Å²) in [5.74, 6) is 0.873. The lowest BCUT2D eigenvalue weighted by molar-refractivity contribution is 0.0143. The number of aliphatic hydroxyl groups is 1. The monoisotopic (exact) mass is 346 g/mol. The molecule has 1 heterocycles. The Bertz CT molecular complexity index is 648. The van der Waals surface area contributed by atoms with Crippen LogP contribution in [0, 0.1) is 6.92 Å². The van der Waals surface area contributed by atoms with Gasteiger partial charge >= 0.3 is 0 Å². The standard InChI is InChI=1S/C19H26N2O2S/c1-15-5-7-17(8-6-15)23-12-18-20-16(13-24-18)11-21(2)14-19(22)9-3-4-10-19/h5-8,13,22H,3-4,9-12,14H2,1-2H3. The lowest BCUT2D eigenvalue weighted by Crippen LogP contribution is -2.38. The molecule has 0 atom stereocenters. The van der Waals surface area contributed by atoms with Crippen molar-refractivity contribution in [1.82, 2.24) is 9.88 Å². The highest BCUT2D eigenvalue weighted by Crippen LogP contribution is 2.30. The van der Waals surface area contributed by atoms with Crippen LogP contribution in [0.3, 0.4) is 0 Å². The molecule has 1 fully saturated rings. The van der Waals surface area contributed by atoms with E-state index in [1.165, 1.54) is 5.56 Å². The maximum absolute atomic E-state index is 10.5. The van der Waals surface area contributed by atoms with Crippen LogP contribution in [0.4, 0.5) is 0 Å². The van der Waals surface area contributed by atoms with Crippen LogP contribution in [0.1, 0.15) is 41.9 Å². The number of aromatic nitrogens is 1. The van der Waals surface area contributed by atoms with E-state index in [1.807, 2.05) is 24.3 Å². The van der Waals surface area contributed by atoms with Crippen LogP contribution in [0.15, 0.2) is 29.6 Å². The molecule has 0 aliphatic heterocycles. The third-order valence-electron chi connectivity index (χ3n) is 4.51. The number of nitrogens with zero attached hydrogens (tertiary/aromatic N) is 2. The largest absolute Gasteiger partial charge is 0.486 e. The predicted octanol–water partition coefficient (Wildman–Crippen LogP) is 3.77. The second kappa shape index (κ2) is 7.64. The van der Waals surface area contributed by atoms with E-state index in [1.54, 1.807) is 11.3 Å². The Hall–Kier alpha value is -1.43. The van der Waals surface area contributed by atoms with Crippen LogP contribution in [0.2, 0.25) is 0 Å². The van der Waals surface area contributed by atoms with Crippen molar-refractivity contribution in [1.29, 1.82) is 0 Å². The molecule has 1 aliphatic carbocycles. The molecule has 130 valence electrons. The fourth-order valence-corrected chi connectivity index (χ4v) is 3.99. The summed E-state index contributed by atoms with van der Waals surface area (Å²) >= 11 is 1.63. The van der Waals surface area contributed by atoms with Crippen molar-refractivity contribution in [3.8, 4) is 5.75 Å². The van der Waals surface area contributed by atoms with E-state index in [-0.39, 0.29) is 0 Å². The Labute approximate surface area is 148 Å². The molecular formula is C19H26N2O2S. The molecule has 0 amide bonds. The van der Waals surface area contributed by atoms with Crippen LogP contribution in [-0.4, -0.2) is 34.2 Å². The Morgan fingerprint density at radius 3 is 2.67 bits per heavy atom. The Morgan fingerprint density at radius 1 is 1.25 bits per heavy atom. The van der Waals surface area contributed by atoms with Gasteiger partial charge in [-0.3, -0.25) is 4.90 Å². The van der Waals surface area contributed by atoms with E-state index in [0.29, 0.717) is 6.61 Å². The first-order chi connectivity index (χ1) is 11.5. The normalized spacial score (nSPS) is 16.7. The van der Waals surface area contributed by atoms with Crippen LogP contribution in [0.25, 0.3) is 0 Å². The third-order valence-corrected chi connectivity index (χ3v) is 5.38. The Kier molecular flexibility index (Phi) is 5.54. The van der Waals surface area contributed by atoms with Crippen molar-refractivity contribution in [3.05, 3.63) is 45.9 Å². The molecular weight excluding hydrogens is 320 g/mol. The summed E-state index contributed by atoms with van der Waals surface area (Å²) < 4.78 is 5.78. The van der Waals surface area contributed by atoms with E-state index in [0.717, 1.165) is 55.2 Å². The number of rotatable bonds is 7. The number of benzene rings is 1. The Balaban J connectivity index is 1.48. The van der Waals surface area contributed by atoms with Crippen LogP contribution in [0.5, 0.6) is 5.75 Å². The number of hydrogen-bond acceptors (Lipinski definition) is 5. The van der Waals surface area contributed by atoms with E-state index < -0.39 is 5.60 Å². The van der Waals surface area contributed by atoms with Gasteiger partial charge in [-0.15, -0.1) is 11.3 Å². The van der Waals surface area contributed by atoms with Gasteiger partial charge in [0.1, 0.15) is 17.4 Å². The van der Waals surface area contributed by atoms with Gasteiger partial charge in [0.15, 0.2) is 0 Å². The molecule has 3 rings (SSSR count). The molecule has 1 N–H and O–H groups in total. The van der Waals surface area contributed by atoms with Crippen LogP contribution in [-0.2, 0) is 13.2 Å². The van der Waals surface area contributed by atoms with Gasteiger partial charge in [-0.2, -0.15) is 0 Å². The van der Waals surface area contributed by atoms with Gasteiger partial charge < -0.3 is 9.84 Å². The summed E-state index contributed by atoms with van der Waals surface area (Å²) in [5, 5.41) is 13.6. The third kappa shape index (κ3) is 4.79. The molecule has 4 nitrogen and oxygen atoms in total. The van der Waals surface area contributed by atoms with Gasteiger partial charge in [0.25, 0.3) is 0 Å². The highest BCUT2D eigenvalue weighted by Gasteiger charge is 2.32. The van der Waals surface area contributed by atoms with E-state index in [2.05, 4.69) is 29.2 Å². The Morgan fingerprint density at radius 2 is 1.96 bits per heavy atom. The quantitative estimate of drug-likeness (QED) is 0.829. The molecule has 24 heavy (non-hydrogen) atoms. The first-order valence-corrected chi connectivity index (χ1v) is 9.44. The average molecular weight is 346 g/mol. The van der Waals surface area contributed by atoms with Crippen molar-refractivity contribution in [2.45, 2.75) is 51.4 Å². The molecule has 0 saturated heterocycles. The molecule has 2 aromatic rings. The van der Waals surface area contributed by atoms with E-state index in [9.17, 15) is 5.11 Å². The summed E-state index contributed by atoms with van der Waals surface area (Å²) in [6.07, 6.45) is 4.12. The first-order valence-electron chi connectivity index (χ1n) is 8.56. The van der Waals surface area contributed by atoms with Gasteiger partial charge in [-0.05, 0) is 38.9 Å². The molecule has 0 spiro atoms. The zero-order valence-corrected chi connectivity index (χ0v) is 15.3. The second-order valence-electron chi connectivity index (χ2n) is 6.94. The smallest absolute Gasteiger partial charge is 0.140 e. The molecule has 1 saturated carbocycles. The molecule has 5 heteroatoms. The summed E-state index contributed by atoms with van der Waals surface area (Å²) in [4.78, 5) is 6.82. The summed E-state index contributed by atoms with van der Waals surface area (Å²) in [5.41, 5.74) is 1.78. The maximum Gasteiger partial charge on any atom is 0.140 e. The van der Waals surface area contributed by atoms with Gasteiger partial charge in [0.2, 0.25) is 0 Å². The number of thiazole rings is 1. The van der Waals surface area contributed by atoms with Crippen LogP contribution >= 0.6 is 11.3 Å². The van der Waals surface area contributed by atoms with Crippen molar-refractivity contribution < 1.29 is 9.84 Å². The zero-order valence-electron chi connectivity index (χ0n) is 14.5. The van der Waals surface area contributed by atoms with Gasteiger partial charge in [0, 0.05) is 18.5 Å². The highest BCUT2D eigenvalue weighted by atomic mass is 32.1. The molecule has 0 unspecified atom stereocenters. The van der Waals surface area contributed by atoms with Crippen molar-refractivity contribution in [2.24, 2.45) is 0 Å². The van der Waals surface area contributed by atoms with Crippen molar-refractivity contribution >= 4 is 11.3 Å². The minimum atomic E-state index is -0.498. The van der Waals surface area contributed by atoms with Gasteiger partial charge in [0.05, 0.1) is 11.3 Å². The number of ether oxygens (including phenoxy) is 1. The predicted molar refractivity (Wildman–Crippen MR) is 97.4 cm³/mol. The van der Waals surface area contributed by atoms with Crippen molar-refractivity contribution in [2.75, 3.05) is 13.6 Å². The van der Waals surface area contributed by atoms with Gasteiger partial charge in [-0.25, -0.2) is 4.98 Å². The minimum Gasteiger partial charge on any atom is -0.486 e. The number of hydrogen-bond donors (Lipinski definition) is 1. The zero-order chi connectivity index (χ0) is 17.0. The van der Waals surface area contributed by atoms with Crippen molar-refractivity contribution in [3.63, 3.8) is 0 Å². The summed E-state index contributed by atoms with van der Waals surface area (Å²) in [7, 11) is 2.05. The lowest BCUT2D eigenvalue weighted by Gasteiger charge is -2.28. The SMILES string of the molecule is Cc1ccc(OCc2nc(CN(C)CC3(O)CCCC3)cs2)cc1. The molecule has 1 aliphatic rings. The number of likely N-dealkylation sites (N-methyl/N-ethyl adjacent to an activating group) is 1. The molecule has 0 bridgehead atoms. The first kappa shape index (κ1) is 17.4. The maximum atomic E-state index is 10.5. The highest BCUT2D eigenvalue weighted by molar-refractivity contribution is 7.09. The topological polar surface area (TPSA) is 45.6 Å². The summed E-state index contributed by atoms with van der Waals surface area (Å²) in [6, 6.07) is 8.07. The molecule has 1 aromatic carbocycles. The average Bonchev–Trinajstić information content (AvgIpc) is 3.16. The fraction of sp³-hybridized carbons (Fsp3) is 0.526. The fourth-order valence-electron chi connectivity index (χ4n) is 3.29. The van der Waals surface area contributed by atoms with E-state index >= 15 is 0 Å². The molecule has 1 aromatic heterocycles. The lowest BCUT2D eigenvalue weighted by atomic mass is 10.0. The van der Waals surface area contributed by atoms with Gasteiger partial charge in [-0.1, -0.05) is 30.5 Å². The molecule has 0 radical (unpaired) electrons. The number of aryl methyl sites for hydroxylation is 1. The summed E-state index contributed by atoms with van der Waals surface area (Å²) in [6.45, 7) is 4.06. The minimum absolute atomic E-state index is 0.498. The second-order valence-corrected chi connectivity index (χ2v) is 7.88. The van der Waals surface area contributed by atoms with E-state index in [4.69, 9.17) is 4.74 Å². The van der Waals surface area contributed by atoms with Crippen LogP contribution < -0.4 is 4.74 Å².